The van der Waals surface area contributed by atoms with E-state index in [-0.39, 0.29) is 0 Å². The second-order valence-corrected chi connectivity index (χ2v) is 10.8. The molecule has 0 aromatic heterocycles. The fourth-order valence-electron chi connectivity index (χ4n) is 4.42. The Balaban J connectivity index is 1.44. The van der Waals surface area contributed by atoms with Gasteiger partial charge in [-0.05, 0) is 56.3 Å². The zero-order valence-electron chi connectivity index (χ0n) is 18.0. The lowest BCUT2D eigenvalue weighted by molar-refractivity contribution is 0.183. The Hall–Kier alpha value is -1.24. The Bertz CT molecular complexity index is 633. The maximum absolute atomic E-state index is 15.0. The Morgan fingerprint density at radius 1 is 1.10 bits per heavy atom. The molecule has 0 amide bonds. The van der Waals surface area contributed by atoms with E-state index in [0.29, 0.717) is 11.7 Å². The first kappa shape index (κ1) is 22.4. The average Bonchev–Trinajstić information content (AvgIpc) is 2.95. The van der Waals surface area contributed by atoms with Gasteiger partial charge in [-0.15, -0.1) is 0 Å². The Kier molecular flexibility index (Phi) is 8.27. The number of benzene rings is 1. The van der Waals surface area contributed by atoms with Crippen molar-refractivity contribution in [3.63, 3.8) is 0 Å². The van der Waals surface area contributed by atoms with E-state index in [1.54, 1.807) is 0 Å². The van der Waals surface area contributed by atoms with Crippen molar-refractivity contribution in [1.82, 2.24) is 9.80 Å². The third-order valence-electron chi connectivity index (χ3n) is 6.35. The topological polar surface area (TPSA) is 44.5 Å². The third kappa shape index (κ3) is 7.50. The quantitative estimate of drug-likeness (QED) is 0.562. The lowest BCUT2D eigenvalue weighted by atomic mass is 10.0. The molecule has 2 fully saturated rings. The standard InChI is InChI=1S/C23H39FN4S/c1-20(28-17-15-27(2)16-18-28)9-10-21-11-13-23(14-12-21)26-29(24,25)19-22-7-5-3-4-6-8-22/h11-14,22,26H,1,3-10,15-19,25H2,2H3. The molecule has 1 heterocycles. The Morgan fingerprint density at radius 3 is 2.34 bits per heavy atom. The number of anilines is 1. The number of hydrogen-bond donors (Lipinski definition) is 2. The van der Waals surface area contributed by atoms with E-state index in [2.05, 4.69) is 40.3 Å². The first-order valence-corrected chi connectivity index (χ1v) is 12.9. The molecule has 0 spiro atoms. The van der Waals surface area contributed by atoms with Crippen molar-refractivity contribution >= 4 is 16.5 Å². The third-order valence-corrected chi connectivity index (χ3v) is 7.88. The molecule has 1 saturated heterocycles. The number of halogens is 1. The summed E-state index contributed by atoms with van der Waals surface area (Å²) >= 11 is 0. The molecule has 4 nitrogen and oxygen atoms in total. The summed E-state index contributed by atoms with van der Waals surface area (Å²) in [5.74, 6) is 0.898. The molecule has 2 aliphatic rings. The highest BCUT2D eigenvalue weighted by Gasteiger charge is 2.24. The summed E-state index contributed by atoms with van der Waals surface area (Å²) < 4.78 is 18.0. The van der Waals surface area contributed by atoms with Gasteiger partial charge < -0.3 is 14.5 Å². The molecular weight excluding hydrogens is 383 g/mol. The van der Waals surface area contributed by atoms with E-state index in [1.807, 2.05) is 12.1 Å². The van der Waals surface area contributed by atoms with Crippen molar-refractivity contribution in [2.45, 2.75) is 51.4 Å². The smallest absolute Gasteiger partial charge is 0.0457 e. The summed E-state index contributed by atoms with van der Waals surface area (Å²) in [6.45, 7) is 8.62. The number of piperazine rings is 1. The molecule has 1 aromatic rings. The molecule has 1 aliphatic carbocycles. The minimum Gasteiger partial charge on any atom is -0.373 e. The number of allylic oxidation sites excluding steroid dienone is 1. The monoisotopic (exact) mass is 422 g/mol. The van der Waals surface area contributed by atoms with Gasteiger partial charge in [0.05, 0.1) is 0 Å². The van der Waals surface area contributed by atoms with Gasteiger partial charge in [0, 0.05) is 54.1 Å². The van der Waals surface area contributed by atoms with Gasteiger partial charge in [0.2, 0.25) is 0 Å². The minimum absolute atomic E-state index is 0.426. The molecule has 0 bridgehead atoms. The van der Waals surface area contributed by atoms with Gasteiger partial charge in [0.25, 0.3) is 0 Å². The lowest BCUT2D eigenvalue weighted by Gasteiger charge is -2.35. The second-order valence-electron chi connectivity index (χ2n) is 8.88. The summed E-state index contributed by atoms with van der Waals surface area (Å²) in [6.07, 6.45) is 9.17. The van der Waals surface area contributed by atoms with E-state index in [1.165, 1.54) is 36.9 Å². The van der Waals surface area contributed by atoms with Crippen LogP contribution in [0, 0.1) is 5.92 Å². The Morgan fingerprint density at radius 2 is 1.72 bits per heavy atom. The van der Waals surface area contributed by atoms with Crippen LogP contribution in [0.5, 0.6) is 0 Å². The van der Waals surface area contributed by atoms with Gasteiger partial charge in [-0.3, -0.25) is 5.14 Å². The SMILES string of the molecule is C=C(CCc1ccc(NS(N)(F)CC2CCCCCC2)cc1)N1CCN(C)CC1. The lowest BCUT2D eigenvalue weighted by Crippen LogP contribution is -2.43. The maximum atomic E-state index is 15.0. The summed E-state index contributed by atoms with van der Waals surface area (Å²) in [4.78, 5) is 4.76. The minimum atomic E-state index is -2.78. The van der Waals surface area contributed by atoms with Crippen molar-refractivity contribution in [2.75, 3.05) is 43.7 Å². The number of nitrogens with two attached hydrogens (primary N) is 1. The second kappa shape index (κ2) is 10.7. The van der Waals surface area contributed by atoms with Crippen LogP contribution in [0.4, 0.5) is 9.57 Å². The number of rotatable bonds is 8. The first-order chi connectivity index (χ1) is 13.9. The number of aryl methyl sites for hydroxylation is 1. The van der Waals surface area contributed by atoms with Crippen LogP contribution in [0.1, 0.15) is 50.5 Å². The van der Waals surface area contributed by atoms with Crippen molar-refractivity contribution in [3.05, 3.63) is 42.1 Å². The molecular formula is C23H39FN4S. The Labute approximate surface area is 178 Å². The van der Waals surface area contributed by atoms with Gasteiger partial charge in [0.1, 0.15) is 0 Å². The molecule has 1 saturated carbocycles. The van der Waals surface area contributed by atoms with E-state index in [4.69, 9.17) is 5.14 Å². The summed E-state index contributed by atoms with van der Waals surface area (Å²) in [7, 11) is -0.615. The van der Waals surface area contributed by atoms with Crippen LogP contribution in [-0.2, 0) is 6.42 Å². The molecule has 3 N–H and O–H groups in total. The van der Waals surface area contributed by atoms with E-state index < -0.39 is 10.8 Å². The van der Waals surface area contributed by atoms with Crippen molar-refractivity contribution in [1.29, 1.82) is 0 Å². The number of hydrogen-bond acceptors (Lipinski definition) is 4. The largest absolute Gasteiger partial charge is 0.373 e. The van der Waals surface area contributed by atoms with Crippen LogP contribution in [0.3, 0.4) is 0 Å². The molecule has 164 valence electrons. The number of nitrogens with zero attached hydrogens (tertiary/aromatic N) is 2. The van der Waals surface area contributed by atoms with Crippen LogP contribution in [0.2, 0.25) is 0 Å². The van der Waals surface area contributed by atoms with E-state index >= 15 is 3.89 Å². The van der Waals surface area contributed by atoms with Crippen LogP contribution in [0.25, 0.3) is 0 Å². The normalized spacial score (nSPS) is 22.5. The molecule has 0 radical (unpaired) electrons. The first-order valence-electron chi connectivity index (χ1n) is 11.2. The van der Waals surface area contributed by atoms with Gasteiger partial charge in [0.15, 0.2) is 0 Å². The number of nitrogens with one attached hydrogen (secondary N) is 1. The predicted molar refractivity (Wildman–Crippen MR) is 126 cm³/mol. The molecule has 29 heavy (non-hydrogen) atoms. The molecule has 3 rings (SSSR count). The van der Waals surface area contributed by atoms with Crippen molar-refractivity contribution < 1.29 is 3.89 Å². The molecule has 1 aromatic carbocycles. The van der Waals surface area contributed by atoms with Gasteiger partial charge in [-0.25, -0.2) is 0 Å². The zero-order chi connectivity index (χ0) is 20.7. The highest BCUT2D eigenvalue weighted by molar-refractivity contribution is 8.28. The van der Waals surface area contributed by atoms with Crippen molar-refractivity contribution in [2.24, 2.45) is 11.1 Å². The van der Waals surface area contributed by atoms with Crippen LogP contribution >= 0.6 is 10.8 Å². The average molecular weight is 423 g/mol. The van der Waals surface area contributed by atoms with E-state index in [9.17, 15) is 0 Å². The predicted octanol–water partition coefficient (Wildman–Crippen LogP) is 5.24. The molecule has 6 heteroatoms. The number of likely N-dealkylation sites (N-methyl/N-ethyl adjacent to an activating group) is 1. The summed E-state index contributed by atoms with van der Waals surface area (Å²) in [5.41, 5.74) is 3.27. The van der Waals surface area contributed by atoms with Gasteiger partial charge in [-0.1, -0.05) is 44.4 Å². The maximum Gasteiger partial charge on any atom is 0.0457 e. The fourth-order valence-corrected chi connectivity index (χ4v) is 6.05. The van der Waals surface area contributed by atoms with Crippen LogP contribution < -0.4 is 9.86 Å². The molecule has 1 unspecified atom stereocenters. The fraction of sp³-hybridized carbons (Fsp3) is 0.652. The highest BCUT2D eigenvalue weighted by atomic mass is 32.3. The molecule has 1 aliphatic heterocycles. The highest BCUT2D eigenvalue weighted by Crippen LogP contribution is 2.45. The summed E-state index contributed by atoms with van der Waals surface area (Å²) in [5, 5.41) is 6.04. The summed E-state index contributed by atoms with van der Waals surface area (Å²) in [6, 6.07) is 8.10. The van der Waals surface area contributed by atoms with Crippen molar-refractivity contribution in [3.8, 4) is 0 Å². The van der Waals surface area contributed by atoms with Gasteiger partial charge in [-0.2, -0.15) is 3.89 Å². The van der Waals surface area contributed by atoms with Crippen LogP contribution in [-0.4, -0.2) is 48.8 Å². The van der Waals surface area contributed by atoms with Crippen LogP contribution in [0.15, 0.2) is 36.5 Å². The van der Waals surface area contributed by atoms with E-state index in [0.717, 1.165) is 57.5 Å². The zero-order valence-corrected chi connectivity index (χ0v) is 18.9. The molecule has 1 atom stereocenters. The van der Waals surface area contributed by atoms with Gasteiger partial charge >= 0.3 is 0 Å².